The Bertz CT molecular complexity index is 573. The second-order valence-corrected chi connectivity index (χ2v) is 7.77. The highest BCUT2D eigenvalue weighted by atomic mass is 79.9. The molecule has 0 spiro atoms. The molecule has 1 aliphatic heterocycles. The van der Waals surface area contributed by atoms with E-state index in [1.54, 1.807) is 0 Å². The van der Waals surface area contributed by atoms with E-state index in [1.807, 2.05) is 18.2 Å². The van der Waals surface area contributed by atoms with Gasteiger partial charge >= 0.3 is 0 Å². The molecule has 1 heterocycles. The lowest BCUT2D eigenvalue weighted by Gasteiger charge is -2.29. The molecule has 2 N–H and O–H groups in total. The molecule has 0 aromatic heterocycles. The third-order valence-corrected chi connectivity index (χ3v) is 5.40. The van der Waals surface area contributed by atoms with Gasteiger partial charge in [0, 0.05) is 23.1 Å². The molecule has 0 amide bonds. The Morgan fingerprint density at radius 1 is 1.33 bits per heavy atom. The molecular formula is C11H13BrN2O2S2. The first-order valence-corrected chi connectivity index (χ1v) is 8.46. The second-order valence-electron chi connectivity index (χ2n) is 4.17. The number of sulfone groups is 1. The quantitative estimate of drug-likeness (QED) is 0.816. The molecular weight excluding hydrogens is 336 g/mol. The normalized spacial score (nSPS) is 18.6. The van der Waals surface area contributed by atoms with Gasteiger partial charge in [0.05, 0.1) is 17.2 Å². The van der Waals surface area contributed by atoms with Crippen LogP contribution in [-0.4, -0.2) is 38.0 Å². The molecule has 1 fully saturated rings. The first-order chi connectivity index (χ1) is 8.39. The van der Waals surface area contributed by atoms with Gasteiger partial charge in [-0.15, -0.1) is 0 Å². The van der Waals surface area contributed by atoms with Crippen molar-refractivity contribution in [2.24, 2.45) is 5.73 Å². The SMILES string of the molecule is NC(=S)c1ccc(N2CCS(=O)(=O)CC2)c(Br)c1. The topological polar surface area (TPSA) is 63.4 Å². The van der Waals surface area contributed by atoms with E-state index >= 15 is 0 Å². The number of benzene rings is 1. The molecule has 0 bridgehead atoms. The number of hydrogen-bond acceptors (Lipinski definition) is 4. The number of rotatable bonds is 2. The first-order valence-electron chi connectivity index (χ1n) is 5.44. The third-order valence-electron chi connectivity index (χ3n) is 2.92. The zero-order valence-corrected chi connectivity index (χ0v) is 12.8. The van der Waals surface area contributed by atoms with Gasteiger partial charge in [-0.2, -0.15) is 0 Å². The molecule has 7 heteroatoms. The summed E-state index contributed by atoms with van der Waals surface area (Å²) < 4.78 is 23.6. The fourth-order valence-corrected chi connectivity index (χ4v) is 3.83. The van der Waals surface area contributed by atoms with Gasteiger partial charge in [-0.1, -0.05) is 12.2 Å². The smallest absolute Gasteiger partial charge is 0.153 e. The van der Waals surface area contributed by atoms with E-state index in [-0.39, 0.29) is 11.5 Å². The van der Waals surface area contributed by atoms with Crippen molar-refractivity contribution in [1.82, 2.24) is 0 Å². The molecule has 18 heavy (non-hydrogen) atoms. The van der Waals surface area contributed by atoms with Gasteiger partial charge in [-0.05, 0) is 34.1 Å². The molecule has 1 aromatic carbocycles. The molecule has 0 radical (unpaired) electrons. The molecule has 1 saturated heterocycles. The van der Waals surface area contributed by atoms with E-state index < -0.39 is 9.84 Å². The maximum Gasteiger partial charge on any atom is 0.153 e. The minimum atomic E-state index is -2.86. The lowest BCUT2D eigenvalue weighted by molar-refractivity contribution is 0.586. The predicted octanol–water partition coefficient (Wildman–Crippen LogP) is 1.32. The molecule has 2 rings (SSSR count). The van der Waals surface area contributed by atoms with Crippen molar-refractivity contribution in [2.45, 2.75) is 0 Å². The number of hydrogen-bond donors (Lipinski definition) is 1. The largest absolute Gasteiger partial charge is 0.389 e. The molecule has 98 valence electrons. The van der Waals surface area contributed by atoms with E-state index in [0.29, 0.717) is 18.1 Å². The third kappa shape index (κ3) is 3.02. The summed E-state index contributed by atoms with van der Waals surface area (Å²) in [6.45, 7) is 1.04. The van der Waals surface area contributed by atoms with Gasteiger partial charge in [0.25, 0.3) is 0 Å². The molecule has 0 saturated carbocycles. The van der Waals surface area contributed by atoms with Crippen molar-refractivity contribution in [1.29, 1.82) is 0 Å². The fraction of sp³-hybridized carbons (Fsp3) is 0.364. The monoisotopic (exact) mass is 348 g/mol. The highest BCUT2D eigenvalue weighted by Crippen LogP contribution is 2.28. The van der Waals surface area contributed by atoms with Crippen molar-refractivity contribution in [3.05, 3.63) is 28.2 Å². The lowest BCUT2D eigenvalue weighted by Crippen LogP contribution is -2.40. The van der Waals surface area contributed by atoms with Crippen molar-refractivity contribution in [2.75, 3.05) is 29.5 Å². The van der Waals surface area contributed by atoms with Gasteiger partial charge in [0.15, 0.2) is 9.84 Å². The summed E-state index contributed by atoms with van der Waals surface area (Å²) in [6.07, 6.45) is 0. The number of anilines is 1. The van der Waals surface area contributed by atoms with Crippen LogP contribution in [0.2, 0.25) is 0 Å². The Morgan fingerprint density at radius 3 is 2.44 bits per heavy atom. The number of nitrogens with zero attached hydrogens (tertiary/aromatic N) is 1. The molecule has 1 aliphatic rings. The molecule has 0 atom stereocenters. The maximum absolute atomic E-state index is 11.4. The lowest BCUT2D eigenvalue weighted by atomic mass is 10.2. The average molecular weight is 349 g/mol. The molecule has 4 nitrogen and oxygen atoms in total. The Morgan fingerprint density at radius 2 is 1.94 bits per heavy atom. The van der Waals surface area contributed by atoms with E-state index in [4.69, 9.17) is 18.0 Å². The summed E-state index contributed by atoms with van der Waals surface area (Å²) in [5.41, 5.74) is 7.34. The predicted molar refractivity (Wildman–Crippen MR) is 80.9 cm³/mol. The number of thiocarbonyl (C=S) groups is 1. The fourth-order valence-electron chi connectivity index (χ4n) is 1.87. The van der Waals surface area contributed by atoms with Crippen LogP contribution in [0.25, 0.3) is 0 Å². The molecule has 0 unspecified atom stereocenters. The van der Waals surface area contributed by atoms with E-state index in [1.165, 1.54) is 0 Å². The Balaban J connectivity index is 2.22. The Kier molecular flexibility index (Phi) is 3.93. The minimum absolute atomic E-state index is 0.205. The first kappa shape index (κ1) is 13.8. The average Bonchev–Trinajstić information content (AvgIpc) is 2.29. The van der Waals surface area contributed by atoms with Gasteiger partial charge in [-0.25, -0.2) is 8.42 Å². The standard InChI is InChI=1S/C11H13BrN2O2S2/c12-9-7-8(11(13)17)1-2-10(9)14-3-5-18(15,16)6-4-14/h1-2,7H,3-6H2,(H2,13,17). The van der Waals surface area contributed by atoms with Gasteiger partial charge in [0.2, 0.25) is 0 Å². The second kappa shape index (κ2) is 5.14. The zero-order chi connectivity index (χ0) is 13.3. The summed E-state index contributed by atoms with van der Waals surface area (Å²) >= 11 is 8.39. The minimum Gasteiger partial charge on any atom is -0.389 e. The molecule has 1 aromatic rings. The van der Waals surface area contributed by atoms with Crippen LogP contribution in [0.15, 0.2) is 22.7 Å². The maximum atomic E-state index is 11.4. The van der Waals surface area contributed by atoms with Crippen LogP contribution in [0, 0.1) is 0 Å². The van der Waals surface area contributed by atoms with Crippen molar-refractivity contribution < 1.29 is 8.42 Å². The van der Waals surface area contributed by atoms with Crippen LogP contribution < -0.4 is 10.6 Å². The van der Waals surface area contributed by atoms with Crippen LogP contribution in [-0.2, 0) is 9.84 Å². The number of nitrogens with two attached hydrogens (primary N) is 1. The summed E-state index contributed by atoms with van der Waals surface area (Å²) in [5, 5.41) is 0. The van der Waals surface area contributed by atoms with Crippen molar-refractivity contribution in [3.63, 3.8) is 0 Å². The summed E-state index contributed by atoms with van der Waals surface area (Å²) in [6, 6.07) is 5.63. The van der Waals surface area contributed by atoms with E-state index in [0.717, 1.165) is 15.7 Å². The molecule has 0 aliphatic carbocycles. The number of halogens is 1. The highest BCUT2D eigenvalue weighted by molar-refractivity contribution is 9.10. The van der Waals surface area contributed by atoms with E-state index in [9.17, 15) is 8.42 Å². The van der Waals surface area contributed by atoms with Crippen LogP contribution >= 0.6 is 28.1 Å². The Hall–Kier alpha value is -0.660. The van der Waals surface area contributed by atoms with Gasteiger partial charge in [-0.3, -0.25) is 0 Å². The van der Waals surface area contributed by atoms with Crippen LogP contribution in [0.1, 0.15) is 5.56 Å². The van der Waals surface area contributed by atoms with Gasteiger partial charge < -0.3 is 10.6 Å². The Labute approximate surface area is 120 Å². The van der Waals surface area contributed by atoms with Crippen LogP contribution in [0.5, 0.6) is 0 Å². The summed E-state index contributed by atoms with van der Waals surface area (Å²) in [7, 11) is -2.86. The van der Waals surface area contributed by atoms with Crippen molar-refractivity contribution in [3.8, 4) is 0 Å². The highest BCUT2D eigenvalue weighted by Gasteiger charge is 2.22. The van der Waals surface area contributed by atoms with Crippen LogP contribution in [0.3, 0.4) is 0 Å². The summed E-state index contributed by atoms with van der Waals surface area (Å²) in [5.74, 6) is 0.410. The van der Waals surface area contributed by atoms with Crippen molar-refractivity contribution >= 4 is 48.7 Å². The van der Waals surface area contributed by atoms with Gasteiger partial charge in [0.1, 0.15) is 4.99 Å². The van der Waals surface area contributed by atoms with E-state index in [2.05, 4.69) is 20.8 Å². The van der Waals surface area contributed by atoms with Crippen LogP contribution in [0.4, 0.5) is 5.69 Å². The zero-order valence-electron chi connectivity index (χ0n) is 9.60. The summed E-state index contributed by atoms with van der Waals surface area (Å²) in [4.78, 5) is 2.40.